The number of hydrogen-bond donors (Lipinski definition) is 2. The largest absolute Gasteiger partial charge is 0.396 e. The zero-order valence-electron chi connectivity index (χ0n) is 9.54. The maximum absolute atomic E-state index is 9.56. The second-order valence-electron chi connectivity index (χ2n) is 4.77. The summed E-state index contributed by atoms with van der Waals surface area (Å²) in [5.41, 5.74) is 7.12. The second kappa shape index (κ2) is 4.13. The molecule has 0 aromatic heterocycles. The predicted molar refractivity (Wildman–Crippen MR) is 69.3 cm³/mol. The predicted octanol–water partition coefficient (Wildman–Crippen LogP) is 2.44. The van der Waals surface area contributed by atoms with Crippen molar-refractivity contribution in [1.29, 1.82) is 0 Å². The highest BCUT2D eigenvalue weighted by molar-refractivity contribution is 9.10. The molecule has 1 aliphatic carbocycles. The van der Waals surface area contributed by atoms with Gasteiger partial charge in [-0.15, -0.1) is 0 Å². The Morgan fingerprint density at radius 2 is 2.25 bits per heavy atom. The summed E-state index contributed by atoms with van der Waals surface area (Å²) in [6.45, 7) is 2.92. The maximum atomic E-state index is 9.56. The van der Waals surface area contributed by atoms with Crippen LogP contribution >= 0.6 is 15.9 Å². The SMILES string of the molecule is CCC1(c2cccc(Br)c2)CC1(CN)CO. The third kappa shape index (κ3) is 1.53. The van der Waals surface area contributed by atoms with Crippen LogP contribution in [-0.2, 0) is 5.41 Å². The molecule has 3 N–H and O–H groups in total. The third-order valence-corrected chi connectivity index (χ3v) is 4.70. The minimum absolute atomic E-state index is 0.0836. The lowest BCUT2D eigenvalue weighted by Crippen LogP contribution is -2.29. The number of rotatable bonds is 4. The molecule has 1 aromatic rings. The van der Waals surface area contributed by atoms with E-state index in [9.17, 15) is 5.11 Å². The first kappa shape index (κ1) is 12.1. The van der Waals surface area contributed by atoms with Crippen molar-refractivity contribution >= 4 is 15.9 Å². The Balaban J connectivity index is 2.39. The molecule has 16 heavy (non-hydrogen) atoms. The monoisotopic (exact) mass is 283 g/mol. The van der Waals surface area contributed by atoms with Gasteiger partial charge in [-0.1, -0.05) is 35.0 Å². The molecule has 0 amide bonds. The van der Waals surface area contributed by atoms with Gasteiger partial charge in [-0.25, -0.2) is 0 Å². The number of nitrogens with two attached hydrogens (primary N) is 1. The zero-order chi connectivity index (χ0) is 11.8. The van der Waals surface area contributed by atoms with Crippen LogP contribution in [0.5, 0.6) is 0 Å². The molecule has 1 saturated carbocycles. The molecule has 1 fully saturated rings. The van der Waals surface area contributed by atoms with Crippen LogP contribution in [0, 0.1) is 5.41 Å². The van der Waals surface area contributed by atoms with Gasteiger partial charge in [-0.2, -0.15) is 0 Å². The lowest BCUT2D eigenvalue weighted by Gasteiger charge is -2.23. The molecule has 0 aliphatic heterocycles. The first-order valence-corrected chi connectivity index (χ1v) is 6.50. The van der Waals surface area contributed by atoms with Crippen LogP contribution in [0.3, 0.4) is 0 Å². The van der Waals surface area contributed by atoms with E-state index in [-0.39, 0.29) is 17.4 Å². The Labute approximate surface area is 105 Å². The highest BCUT2D eigenvalue weighted by Gasteiger charge is 2.65. The molecule has 0 spiro atoms. The van der Waals surface area contributed by atoms with E-state index in [0.29, 0.717) is 6.54 Å². The molecule has 3 heteroatoms. The van der Waals surface area contributed by atoms with E-state index < -0.39 is 0 Å². The lowest BCUT2D eigenvalue weighted by atomic mass is 9.84. The topological polar surface area (TPSA) is 46.2 Å². The van der Waals surface area contributed by atoms with Crippen molar-refractivity contribution in [2.45, 2.75) is 25.2 Å². The van der Waals surface area contributed by atoms with Gasteiger partial charge in [0.25, 0.3) is 0 Å². The fourth-order valence-corrected chi connectivity index (χ4v) is 3.37. The van der Waals surface area contributed by atoms with Crippen molar-refractivity contribution in [2.24, 2.45) is 11.1 Å². The van der Waals surface area contributed by atoms with Gasteiger partial charge < -0.3 is 10.8 Å². The van der Waals surface area contributed by atoms with E-state index >= 15 is 0 Å². The summed E-state index contributed by atoms with van der Waals surface area (Å²) in [7, 11) is 0. The lowest BCUT2D eigenvalue weighted by molar-refractivity contribution is 0.193. The molecule has 2 atom stereocenters. The number of aliphatic hydroxyl groups excluding tert-OH is 1. The Morgan fingerprint density at radius 3 is 2.69 bits per heavy atom. The first-order valence-electron chi connectivity index (χ1n) is 5.71. The van der Waals surface area contributed by atoms with Crippen LogP contribution in [0.2, 0.25) is 0 Å². The first-order chi connectivity index (χ1) is 7.64. The van der Waals surface area contributed by atoms with Gasteiger partial charge >= 0.3 is 0 Å². The van der Waals surface area contributed by atoms with E-state index in [0.717, 1.165) is 17.3 Å². The zero-order valence-corrected chi connectivity index (χ0v) is 11.1. The average molecular weight is 284 g/mol. The Kier molecular flexibility index (Phi) is 3.12. The van der Waals surface area contributed by atoms with Crippen LogP contribution in [-0.4, -0.2) is 18.3 Å². The highest BCUT2D eigenvalue weighted by atomic mass is 79.9. The van der Waals surface area contributed by atoms with E-state index in [2.05, 4.69) is 35.0 Å². The standard InChI is InChI=1S/C13H18BrNO/c1-2-13(7-12(13,8-15)9-16)10-4-3-5-11(14)6-10/h3-6,16H,2,7-9,15H2,1H3. The summed E-state index contributed by atoms with van der Waals surface area (Å²) in [6, 6.07) is 8.37. The molecule has 1 aliphatic rings. The molecule has 0 radical (unpaired) electrons. The van der Waals surface area contributed by atoms with Gasteiger partial charge in [0.15, 0.2) is 0 Å². The summed E-state index contributed by atoms with van der Waals surface area (Å²) in [4.78, 5) is 0. The van der Waals surface area contributed by atoms with Crippen LogP contribution in [0.4, 0.5) is 0 Å². The van der Waals surface area contributed by atoms with Crippen LogP contribution in [0.15, 0.2) is 28.7 Å². The fraction of sp³-hybridized carbons (Fsp3) is 0.538. The van der Waals surface area contributed by atoms with E-state index in [1.807, 2.05) is 12.1 Å². The van der Waals surface area contributed by atoms with E-state index in [1.165, 1.54) is 5.56 Å². The summed E-state index contributed by atoms with van der Waals surface area (Å²) in [5.74, 6) is 0. The van der Waals surface area contributed by atoms with Crippen molar-refractivity contribution in [3.05, 3.63) is 34.3 Å². The molecule has 2 rings (SSSR count). The van der Waals surface area contributed by atoms with Crippen LogP contribution in [0.1, 0.15) is 25.3 Å². The molecular formula is C13H18BrNO. The molecule has 2 nitrogen and oxygen atoms in total. The Hall–Kier alpha value is -0.380. The molecule has 2 unspecified atom stereocenters. The van der Waals surface area contributed by atoms with Gasteiger partial charge in [-0.05, 0) is 30.5 Å². The summed E-state index contributed by atoms with van der Waals surface area (Å²) < 4.78 is 1.09. The van der Waals surface area contributed by atoms with Gasteiger partial charge in [0, 0.05) is 21.8 Å². The minimum atomic E-state index is -0.0947. The minimum Gasteiger partial charge on any atom is -0.396 e. The molecule has 0 heterocycles. The van der Waals surface area contributed by atoms with Crippen molar-refractivity contribution in [2.75, 3.05) is 13.2 Å². The number of hydrogen-bond acceptors (Lipinski definition) is 2. The maximum Gasteiger partial charge on any atom is 0.0508 e. The summed E-state index contributed by atoms with van der Waals surface area (Å²) >= 11 is 3.50. The molecule has 1 aromatic carbocycles. The third-order valence-electron chi connectivity index (χ3n) is 4.20. The van der Waals surface area contributed by atoms with Gasteiger partial charge in [0.2, 0.25) is 0 Å². The van der Waals surface area contributed by atoms with Gasteiger partial charge in [0.1, 0.15) is 0 Å². The number of benzene rings is 1. The highest BCUT2D eigenvalue weighted by Crippen LogP contribution is 2.65. The van der Waals surface area contributed by atoms with Gasteiger partial charge in [0.05, 0.1) is 6.61 Å². The smallest absolute Gasteiger partial charge is 0.0508 e. The average Bonchev–Trinajstić information content (AvgIpc) is 2.99. The summed E-state index contributed by atoms with van der Waals surface area (Å²) in [6.07, 6.45) is 2.03. The van der Waals surface area contributed by atoms with Crippen molar-refractivity contribution in [3.63, 3.8) is 0 Å². The Morgan fingerprint density at radius 1 is 1.50 bits per heavy atom. The quantitative estimate of drug-likeness (QED) is 0.892. The molecule has 0 bridgehead atoms. The fourth-order valence-electron chi connectivity index (χ4n) is 2.97. The Bertz CT molecular complexity index is 389. The van der Waals surface area contributed by atoms with E-state index in [4.69, 9.17) is 5.73 Å². The normalized spacial score (nSPS) is 32.8. The van der Waals surface area contributed by atoms with E-state index in [1.54, 1.807) is 0 Å². The van der Waals surface area contributed by atoms with Crippen molar-refractivity contribution in [3.8, 4) is 0 Å². The van der Waals surface area contributed by atoms with Crippen LogP contribution < -0.4 is 5.73 Å². The van der Waals surface area contributed by atoms with Crippen molar-refractivity contribution < 1.29 is 5.11 Å². The molecule has 88 valence electrons. The number of aliphatic hydroxyl groups is 1. The van der Waals surface area contributed by atoms with Crippen molar-refractivity contribution in [1.82, 2.24) is 0 Å². The number of halogens is 1. The van der Waals surface area contributed by atoms with Crippen LogP contribution in [0.25, 0.3) is 0 Å². The molecule has 0 saturated heterocycles. The second-order valence-corrected chi connectivity index (χ2v) is 5.68. The summed E-state index contributed by atoms with van der Waals surface area (Å²) in [5, 5.41) is 9.56. The van der Waals surface area contributed by atoms with Gasteiger partial charge in [-0.3, -0.25) is 0 Å². The molecular weight excluding hydrogens is 266 g/mol.